The van der Waals surface area contributed by atoms with E-state index < -0.39 is 0 Å². The highest BCUT2D eigenvalue weighted by Crippen LogP contribution is 2.41. The highest BCUT2D eigenvalue weighted by molar-refractivity contribution is 5.91. The van der Waals surface area contributed by atoms with Crippen LogP contribution in [0.5, 0.6) is 0 Å². The molecule has 1 saturated carbocycles. The van der Waals surface area contributed by atoms with Crippen molar-refractivity contribution >= 4 is 11.8 Å². The average molecular weight is 359 g/mol. The van der Waals surface area contributed by atoms with Crippen molar-refractivity contribution < 1.29 is 14.1 Å². The molecule has 1 aromatic rings. The van der Waals surface area contributed by atoms with Crippen LogP contribution in [0, 0.1) is 5.41 Å². The number of amides is 2. The number of aromatic nitrogens is 1. The second-order valence-electron chi connectivity index (χ2n) is 8.39. The van der Waals surface area contributed by atoms with Crippen molar-refractivity contribution in [2.24, 2.45) is 5.41 Å². The van der Waals surface area contributed by atoms with Gasteiger partial charge < -0.3 is 14.3 Å². The molecule has 6 nitrogen and oxygen atoms in total. The molecule has 0 aromatic carbocycles. The third kappa shape index (κ3) is 3.51. The maximum atomic E-state index is 12.9. The number of nitrogens with zero attached hydrogens (tertiary/aromatic N) is 3. The summed E-state index contributed by atoms with van der Waals surface area (Å²) >= 11 is 0. The van der Waals surface area contributed by atoms with Gasteiger partial charge in [0.15, 0.2) is 0 Å². The van der Waals surface area contributed by atoms with Crippen molar-refractivity contribution in [3.8, 4) is 0 Å². The maximum absolute atomic E-state index is 12.9. The standard InChI is InChI=1S/C20H29N3O3/c1-2-3-10-22-13-20(9-7-18(22)24)8-4-11-23(14-20)19(25)17-12-16(21-26-17)15-5-6-15/h12,15H,2-11,13-14H2,1H3. The van der Waals surface area contributed by atoms with Gasteiger partial charge in [0.2, 0.25) is 11.7 Å². The summed E-state index contributed by atoms with van der Waals surface area (Å²) < 4.78 is 5.34. The lowest BCUT2D eigenvalue weighted by Gasteiger charge is -2.48. The van der Waals surface area contributed by atoms with Gasteiger partial charge in [0.05, 0.1) is 5.69 Å². The van der Waals surface area contributed by atoms with Crippen LogP contribution in [-0.2, 0) is 4.79 Å². The third-order valence-electron chi connectivity index (χ3n) is 6.21. The first-order chi connectivity index (χ1) is 12.6. The van der Waals surface area contributed by atoms with E-state index in [0.717, 1.165) is 76.8 Å². The normalized spacial score (nSPS) is 26.6. The lowest BCUT2D eigenvalue weighted by molar-refractivity contribution is -0.139. The molecule has 3 heterocycles. The summed E-state index contributed by atoms with van der Waals surface area (Å²) in [6.07, 6.45) is 8.02. The number of rotatable bonds is 5. The van der Waals surface area contributed by atoms with Gasteiger partial charge in [-0.2, -0.15) is 0 Å². The van der Waals surface area contributed by atoms with Crippen LogP contribution in [0.15, 0.2) is 10.6 Å². The number of likely N-dealkylation sites (tertiary alicyclic amines) is 2. The van der Waals surface area contributed by atoms with E-state index in [0.29, 0.717) is 18.1 Å². The Bertz CT molecular complexity index is 682. The Morgan fingerprint density at radius 1 is 1.35 bits per heavy atom. The number of carbonyl (C=O) groups is 2. The largest absolute Gasteiger partial charge is 0.351 e. The number of hydrogen-bond acceptors (Lipinski definition) is 4. The highest BCUT2D eigenvalue weighted by atomic mass is 16.5. The molecule has 6 heteroatoms. The van der Waals surface area contributed by atoms with Crippen molar-refractivity contribution in [1.29, 1.82) is 0 Å². The van der Waals surface area contributed by atoms with E-state index >= 15 is 0 Å². The lowest BCUT2D eigenvalue weighted by Crippen LogP contribution is -2.55. The van der Waals surface area contributed by atoms with Crippen LogP contribution in [0.3, 0.4) is 0 Å². The first-order valence-corrected chi connectivity index (χ1v) is 10.1. The fourth-order valence-corrected chi connectivity index (χ4v) is 4.49. The van der Waals surface area contributed by atoms with Gasteiger partial charge in [0.25, 0.3) is 5.91 Å². The Balaban J connectivity index is 1.44. The topological polar surface area (TPSA) is 66.7 Å². The molecule has 0 bridgehead atoms. The highest BCUT2D eigenvalue weighted by Gasteiger charge is 2.43. The molecule has 2 saturated heterocycles. The van der Waals surface area contributed by atoms with E-state index in [9.17, 15) is 9.59 Å². The Hall–Kier alpha value is -1.85. The lowest BCUT2D eigenvalue weighted by atomic mass is 9.73. The second-order valence-corrected chi connectivity index (χ2v) is 8.39. The molecule has 1 spiro atoms. The van der Waals surface area contributed by atoms with Crippen LogP contribution in [0.25, 0.3) is 0 Å². The van der Waals surface area contributed by atoms with Gasteiger partial charge in [-0.25, -0.2) is 0 Å². The van der Waals surface area contributed by atoms with Crippen LogP contribution >= 0.6 is 0 Å². The van der Waals surface area contributed by atoms with E-state index in [-0.39, 0.29) is 17.2 Å². The SMILES string of the molecule is CCCCN1CC2(CCCN(C(=O)c3cc(C4CC4)no3)C2)CCC1=O. The summed E-state index contributed by atoms with van der Waals surface area (Å²) in [4.78, 5) is 29.1. The van der Waals surface area contributed by atoms with Crippen LogP contribution in [0.1, 0.15) is 80.5 Å². The van der Waals surface area contributed by atoms with Crippen molar-refractivity contribution in [2.45, 2.75) is 64.2 Å². The average Bonchev–Trinajstić information content (AvgIpc) is 3.39. The minimum absolute atomic E-state index is 0.0412. The molecule has 0 radical (unpaired) electrons. The van der Waals surface area contributed by atoms with Crippen molar-refractivity contribution in [2.75, 3.05) is 26.2 Å². The monoisotopic (exact) mass is 359 g/mol. The van der Waals surface area contributed by atoms with Crippen molar-refractivity contribution in [3.63, 3.8) is 0 Å². The van der Waals surface area contributed by atoms with E-state index in [1.807, 2.05) is 15.9 Å². The van der Waals surface area contributed by atoms with Gasteiger partial charge in [-0.1, -0.05) is 18.5 Å². The third-order valence-corrected chi connectivity index (χ3v) is 6.21. The zero-order chi connectivity index (χ0) is 18.1. The van der Waals surface area contributed by atoms with E-state index in [1.54, 1.807) is 0 Å². The van der Waals surface area contributed by atoms with Crippen LogP contribution in [0.4, 0.5) is 0 Å². The molecule has 1 atom stereocenters. The Morgan fingerprint density at radius 2 is 2.19 bits per heavy atom. The van der Waals surface area contributed by atoms with Crippen LogP contribution in [-0.4, -0.2) is 52.9 Å². The minimum Gasteiger partial charge on any atom is -0.351 e. The Labute approximate surface area is 154 Å². The van der Waals surface area contributed by atoms with Gasteiger partial charge in [-0.3, -0.25) is 9.59 Å². The predicted octanol–water partition coefficient (Wildman–Crippen LogP) is 3.20. The molecule has 3 aliphatic rings. The van der Waals surface area contributed by atoms with Crippen LogP contribution < -0.4 is 0 Å². The van der Waals surface area contributed by atoms with Crippen molar-refractivity contribution in [1.82, 2.24) is 15.0 Å². The molecule has 1 aromatic heterocycles. The zero-order valence-corrected chi connectivity index (χ0v) is 15.7. The smallest absolute Gasteiger partial charge is 0.292 e. The zero-order valence-electron chi connectivity index (χ0n) is 15.7. The molecule has 1 unspecified atom stereocenters. The Morgan fingerprint density at radius 3 is 2.96 bits per heavy atom. The minimum atomic E-state index is -0.0412. The van der Waals surface area contributed by atoms with E-state index in [4.69, 9.17) is 4.52 Å². The summed E-state index contributed by atoms with van der Waals surface area (Å²) in [5.74, 6) is 1.10. The van der Waals surface area contributed by atoms with Crippen molar-refractivity contribution in [3.05, 3.63) is 17.5 Å². The molecule has 142 valence electrons. The first-order valence-electron chi connectivity index (χ1n) is 10.1. The van der Waals surface area contributed by atoms with Gasteiger partial charge in [0.1, 0.15) is 0 Å². The number of piperidine rings is 2. The molecule has 4 rings (SSSR count). The molecule has 2 amide bonds. The summed E-state index contributed by atoms with van der Waals surface area (Å²) in [5.41, 5.74) is 0.976. The second kappa shape index (κ2) is 7.05. The number of unbranched alkanes of at least 4 members (excludes halogenated alkanes) is 1. The van der Waals surface area contributed by atoms with Gasteiger partial charge >= 0.3 is 0 Å². The summed E-state index contributed by atoms with van der Waals surface area (Å²) in [6, 6.07) is 1.83. The van der Waals surface area contributed by atoms with E-state index in [2.05, 4.69) is 12.1 Å². The molecule has 26 heavy (non-hydrogen) atoms. The number of hydrogen-bond donors (Lipinski definition) is 0. The quantitative estimate of drug-likeness (QED) is 0.810. The van der Waals surface area contributed by atoms with E-state index in [1.165, 1.54) is 0 Å². The fraction of sp³-hybridized carbons (Fsp3) is 0.750. The van der Waals surface area contributed by atoms with Gasteiger partial charge in [-0.15, -0.1) is 0 Å². The molecule has 0 N–H and O–H groups in total. The molecule has 3 fully saturated rings. The molecule has 1 aliphatic carbocycles. The summed E-state index contributed by atoms with van der Waals surface area (Å²) in [5, 5.41) is 4.08. The Kier molecular flexibility index (Phi) is 4.76. The van der Waals surface area contributed by atoms with Gasteiger partial charge in [0, 0.05) is 50.0 Å². The molecule has 2 aliphatic heterocycles. The van der Waals surface area contributed by atoms with Crippen LogP contribution in [0.2, 0.25) is 0 Å². The van der Waals surface area contributed by atoms with Gasteiger partial charge in [-0.05, 0) is 38.5 Å². The summed E-state index contributed by atoms with van der Waals surface area (Å²) in [6.45, 7) is 5.28. The molecular weight excluding hydrogens is 330 g/mol. The fourth-order valence-electron chi connectivity index (χ4n) is 4.49. The number of carbonyl (C=O) groups excluding carboxylic acids is 2. The maximum Gasteiger partial charge on any atom is 0.292 e. The summed E-state index contributed by atoms with van der Waals surface area (Å²) in [7, 11) is 0. The predicted molar refractivity (Wildman–Crippen MR) is 96.8 cm³/mol. The first kappa shape index (κ1) is 17.6. The molecular formula is C20H29N3O3.